The molecule has 3 heterocycles. The van der Waals surface area contributed by atoms with Crippen LogP contribution in [0.15, 0.2) is 12.4 Å². The van der Waals surface area contributed by atoms with E-state index in [1.807, 2.05) is 6.92 Å². The van der Waals surface area contributed by atoms with Crippen molar-refractivity contribution < 1.29 is 18.0 Å². The van der Waals surface area contributed by atoms with Gasteiger partial charge >= 0.3 is 6.18 Å². The second kappa shape index (κ2) is 6.98. The summed E-state index contributed by atoms with van der Waals surface area (Å²) in [6, 6.07) is 0. The third-order valence-corrected chi connectivity index (χ3v) is 4.99. The van der Waals surface area contributed by atoms with Gasteiger partial charge in [0.2, 0.25) is 10.1 Å². The standard InChI is InChI=1S/C14H17F3N6OS/c1-2-21-7-4-18-10(21)11(24)22-5-3-6-23(9-8-22)13-20-19-12(25-13)14(15,16)17/h4,7H,2-3,5-6,8-9H2,1H3. The lowest BCUT2D eigenvalue weighted by atomic mass is 10.3. The van der Waals surface area contributed by atoms with Crippen molar-refractivity contribution in [3.05, 3.63) is 23.2 Å². The van der Waals surface area contributed by atoms with Gasteiger partial charge in [-0.25, -0.2) is 4.98 Å². The fraction of sp³-hybridized carbons (Fsp3) is 0.571. The molecule has 0 spiro atoms. The first-order valence-electron chi connectivity index (χ1n) is 7.86. The number of aromatic nitrogens is 4. The molecule has 0 aliphatic carbocycles. The number of carbonyl (C=O) groups excluding carboxylic acids is 1. The predicted molar refractivity (Wildman–Crippen MR) is 85.5 cm³/mol. The first-order chi connectivity index (χ1) is 11.9. The Morgan fingerprint density at radius 1 is 1.24 bits per heavy atom. The Labute approximate surface area is 146 Å². The van der Waals surface area contributed by atoms with Gasteiger partial charge in [-0.05, 0) is 13.3 Å². The zero-order valence-corrected chi connectivity index (χ0v) is 14.3. The van der Waals surface area contributed by atoms with Crippen LogP contribution >= 0.6 is 11.3 Å². The molecule has 3 rings (SSSR count). The summed E-state index contributed by atoms with van der Waals surface area (Å²) < 4.78 is 39.8. The molecule has 1 aliphatic heterocycles. The molecule has 2 aromatic heterocycles. The Morgan fingerprint density at radius 3 is 2.72 bits per heavy atom. The maximum atomic E-state index is 12.7. The van der Waals surface area contributed by atoms with E-state index < -0.39 is 11.2 Å². The van der Waals surface area contributed by atoms with Crippen molar-refractivity contribution >= 4 is 22.4 Å². The highest BCUT2D eigenvalue weighted by molar-refractivity contribution is 7.15. The lowest BCUT2D eigenvalue weighted by Gasteiger charge is -2.21. The molecule has 1 aliphatic rings. The van der Waals surface area contributed by atoms with Crippen molar-refractivity contribution in [3.63, 3.8) is 0 Å². The van der Waals surface area contributed by atoms with Crippen LogP contribution in [0.3, 0.4) is 0 Å². The summed E-state index contributed by atoms with van der Waals surface area (Å²) in [6.07, 6.45) is -0.515. The molecule has 1 fully saturated rings. The minimum atomic E-state index is -4.49. The third-order valence-electron chi connectivity index (χ3n) is 3.96. The largest absolute Gasteiger partial charge is 0.445 e. The molecule has 136 valence electrons. The molecule has 11 heteroatoms. The molecule has 0 N–H and O–H groups in total. The van der Waals surface area contributed by atoms with E-state index in [2.05, 4.69) is 15.2 Å². The second-order valence-electron chi connectivity index (χ2n) is 5.56. The summed E-state index contributed by atoms with van der Waals surface area (Å²) >= 11 is 0.528. The number of halogens is 3. The van der Waals surface area contributed by atoms with Crippen molar-refractivity contribution in [2.24, 2.45) is 0 Å². The van der Waals surface area contributed by atoms with E-state index in [0.29, 0.717) is 56.3 Å². The summed E-state index contributed by atoms with van der Waals surface area (Å²) in [5, 5.41) is 6.15. The lowest BCUT2D eigenvalue weighted by molar-refractivity contribution is -0.138. The first-order valence-corrected chi connectivity index (χ1v) is 8.68. The van der Waals surface area contributed by atoms with Gasteiger partial charge in [0.25, 0.3) is 5.91 Å². The summed E-state index contributed by atoms with van der Waals surface area (Å²) in [5.41, 5.74) is 0. The molecule has 25 heavy (non-hydrogen) atoms. The molecule has 0 aromatic carbocycles. The predicted octanol–water partition coefficient (Wildman–Crippen LogP) is 2.13. The van der Waals surface area contributed by atoms with Crippen LogP contribution < -0.4 is 4.90 Å². The van der Waals surface area contributed by atoms with Gasteiger partial charge in [0.15, 0.2) is 5.82 Å². The van der Waals surface area contributed by atoms with Crippen LogP contribution in [0.2, 0.25) is 0 Å². The highest BCUT2D eigenvalue weighted by atomic mass is 32.1. The van der Waals surface area contributed by atoms with Crippen molar-refractivity contribution in [3.8, 4) is 0 Å². The molecular weight excluding hydrogens is 357 g/mol. The fourth-order valence-electron chi connectivity index (χ4n) is 2.67. The number of imidazole rings is 1. The van der Waals surface area contributed by atoms with Gasteiger partial charge in [-0.1, -0.05) is 11.3 Å². The van der Waals surface area contributed by atoms with E-state index in [-0.39, 0.29) is 11.0 Å². The summed E-state index contributed by atoms with van der Waals surface area (Å²) in [6.45, 7) is 4.43. The Kier molecular flexibility index (Phi) is 4.93. The van der Waals surface area contributed by atoms with E-state index in [1.54, 1.807) is 26.8 Å². The molecule has 1 saturated heterocycles. The van der Waals surface area contributed by atoms with Gasteiger partial charge < -0.3 is 14.4 Å². The van der Waals surface area contributed by atoms with Crippen LogP contribution in [0.5, 0.6) is 0 Å². The van der Waals surface area contributed by atoms with E-state index in [1.165, 1.54) is 0 Å². The Morgan fingerprint density at radius 2 is 2.04 bits per heavy atom. The van der Waals surface area contributed by atoms with Crippen molar-refractivity contribution in [2.45, 2.75) is 26.1 Å². The topological polar surface area (TPSA) is 67.2 Å². The zero-order chi connectivity index (χ0) is 18.0. The number of anilines is 1. The number of carbonyl (C=O) groups is 1. The van der Waals surface area contributed by atoms with Crippen LogP contribution in [0.4, 0.5) is 18.3 Å². The molecule has 0 atom stereocenters. The molecule has 1 amide bonds. The van der Waals surface area contributed by atoms with Crippen LogP contribution in [-0.4, -0.2) is 56.7 Å². The monoisotopic (exact) mass is 374 g/mol. The molecule has 0 saturated carbocycles. The van der Waals surface area contributed by atoms with Gasteiger partial charge in [-0.2, -0.15) is 13.2 Å². The van der Waals surface area contributed by atoms with Gasteiger partial charge in [-0.3, -0.25) is 4.79 Å². The number of nitrogens with zero attached hydrogens (tertiary/aromatic N) is 6. The zero-order valence-electron chi connectivity index (χ0n) is 13.5. The van der Waals surface area contributed by atoms with Crippen LogP contribution in [0, 0.1) is 0 Å². The Hall–Kier alpha value is -2.17. The number of amides is 1. The van der Waals surface area contributed by atoms with Gasteiger partial charge in [0.05, 0.1) is 0 Å². The lowest BCUT2D eigenvalue weighted by Crippen LogP contribution is -2.36. The molecule has 0 bridgehead atoms. The molecule has 0 radical (unpaired) electrons. The average Bonchev–Trinajstić information content (AvgIpc) is 3.18. The number of rotatable bonds is 3. The van der Waals surface area contributed by atoms with E-state index in [4.69, 9.17) is 0 Å². The van der Waals surface area contributed by atoms with Gasteiger partial charge in [-0.15, -0.1) is 10.2 Å². The van der Waals surface area contributed by atoms with E-state index in [0.717, 1.165) is 0 Å². The van der Waals surface area contributed by atoms with Gasteiger partial charge in [0, 0.05) is 45.1 Å². The fourth-order valence-corrected chi connectivity index (χ4v) is 3.44. The minimum Gasteiger partial charge on any atom is -0.345 e. The SMILES string of the molecule is CCn1ccnc1C(=O)N1CCCN(c2nnc(C(F)(F)F)s2)CC1. The van der Waals surface area contributed by atoms with Gasteiger partial charge in [0.1, 0.15) is 0 Å². The van der Waals surface area contributed by atoms with Crippen molar-refractivity contribution in [1.29, 1.82) is 0 Å². The molecule has 0 unspecified atom stereocenters. The van der Waals surface area contributed by atoms with Crippen LogP contribution in [0.25, 0.3) is 0 Å². The highest BCUT2D eigenvalue weighted by Gasteiger charge is 2.36. The number of hydrogen-bond donors (Lipinski definition) is 0. The number of hydrogen-bond acceptors (Lipinski definition) is 6. The molecular formula is C14H17F3N6OS. The van der Waals surface area contributed by atoms with Crippen molar-refractivity contribution in [2.75, 3.05) is 31.1 Å². The van der Waals surface area contributed by atoms with Crippen LogP contribution in [-0.2, 0) is 12.7 Å². The van der Waals surface area contributed by atoms with E-state index >= 15 is 0 Å². The summed E-state index contributed by atoms with van der Waals surface area (Å²) in [5.74, 6) is 0.216. The first kappa shape index (κ1) is 17.6. The molecule has 7 nitrogen and oxygen atoms in total. The third kappa shape index (κ3) is 3.75. The normalized spacial score (nSPS) is 16.2. The van der Waals surface area contributed by atoms with Crippen LogP contribution in [0.1, 0.15) is 29.0 Å². The Balaban J connectivity index is 1.68. The average molecular weight is 374 g/mol. The second-order valence-corrected chi connectivity index (χ2v) is 6.51. The van der Waals surface area contributed by atoms with Crippen molar-refractivity contribution in [1.82, 2.24) is 24.6 Å². The summed E-state index contributed by atoms with van der Waals surface area (Å²) in [4.78, 5) is 20.2. The number of aryl methyl sites for hydroxylation is 1. The minimum absolute atomic E-state index is 0.165. The quantitative estimate of drug-likeness (QED) is 0.823. The summed E-state index contributed by atoms with van der Waals surface area (Å²) in [7, 11) is 0. The maximum Gasteiger partial charge on any atom is 0.445 e. The highest BCUT2D eigenvalue weighted by Crippen LogP contribution is 2.34. The molecule has 2 aromatic rings. The Bertz CT molecular complexity index is 743. The van der Waals surface area contributed by atoms with E-state index in [9.17, 15) is 18.0 Å². The smallest absolute Gasteiger partial charge is 0.345 e. The maximum absolute atomic E-state index is 12.7. The number of alkyl halides is 3.